The lowest BCUT2D eigenvalue weighted by Gasteiger charge is -2.33. The van der Waals surface area contributed by atoms with Crippen LogP contribution >= 0.6 is 11.6 Å². The van der Waals surface area contributed by atoms with Gasteiger partial charge in [-0.15, -0.1) is 0 Å². The molecule has 146 valence electrons. The first-order valence-corrected chi connectivity index (χ1v) is 9.62. The minimum atomic E-state index is -4.77. The Hall–Kier alpha value is -2.04. The number of amides is 1. The maximum atomic E-state index is 13.0. The van der Waals surface area contributed by atoms with Crippen LogP contribution in [0.25, 0.3) is 0 Å². The summed E-state index contributed by atoms with van der Waals surface area (Å²) < 4.78 is 70.4. The first-order chi connectivity index (χ1) is 12.6. The number of carbonyl (C=O) groups is 1. The van der Waals surface area contributed by atoms with Crippen LogP contribution in [-0.4, -0.2) is 49.7 Å². The van der Waals surface area contributed by atoms with Crippen molar-refractivity contribution >= 4 is 27.5 Å². The predicted octanol–water partition coefficient (Wildman–Crippen LogP) is 3.10. The summed E-state index contributed by atoms with van der Waals surface area (Å²) in [6.45, 7) is 0.106. The molecule has 6 nitrogen and oxygen atoms in total. The van der Waals surface area contributed by atoms with Crippen molar-refractivity contribution in [3.8, 4) is 0 Å². The van der Waals surface area contributed by atoms with Crippen molar-refractivity contribution in [1.29, 1.82) is 0 Å². The Balaban J connectivity index is 1.77. The largest absolute Gasteiger partial charge is 0.459 e. The molecule has 1 amide bonds. The summed E-state index contributed by atoms with van der Waals surface area (Å²) in [6.07, 6.45) is -3.41. The van der Waals surface area contributed by atoms with E-state index in [1.165, 1.54) is 17.2 Å². The van der Waals surface area contributed by atoms with E-state index in [1.54, 1.807) is 6.07 Å². The zero-order chi connectivity index (χ0) is 19.8. The average Bonchev–Trinajstić information content (AvgIpc) is 3.15. The Morgan fingerprint density at radius 1 is 1.11 bits per heavy atom. The second-order valence-electron chi connectivity index (χ2n) is 5.81. The van der Waals surface area contributed by atoms with Crippen LogP contribution in [0.15, 0.2) is 45.9 Å². The molecule has 1 fully saturated rings. The van der Waals surface area contributed by atoms with Crippen LogP contribution in [0.4, 0.5) is 13.2 Å². The Kier molecular flexibility index (Phi) is 5.24. The number of benzene rings is 1. The zero-order valence-electron chi connectivity index (χ0n) is 13.7. The molecule has 27 heavy (non-hydrogen) atoms. The van der Waals surface area contributed by atoms with Crippen molar-refractivity contribution in [3.05, 3.63) is 52.9 Å². The second-order valence-corrected chi connectivity index (χ2v) is 8.16. The highest BCUT2D eigenvalue weighted by atomic mass is 35.5. The Morgan fingerprint density at radius 3 is 2.33 bits per heavy atom. The zero-order valence-corrected chi connectivity index (χ0v) is 15.3. The lowest BCUT2D eigenvalue weighted by molar-refractivity contribution is -0.137. The summed E-state index contributed by atoms with van der Waals surface area (Å²) in [5, 5.41) is -0.574. The molecule has 1 aliphatic rings. The first-order valence-electron chi connectivity index (χ1n) is 7.80. The molecule has 3 rings (SSSR count). The molecule has 1 aliphatic heterocycles. The highest BCUT2D eigenvalue weighted by Crippen LogP contribution is 2.36. The molecular formula is C16H14ClF3N2O4S. The number of sulfonamides is 1. The van der Waals surface area contributed by atoms with E-state index in [2.05, 4.69) is 0 Å². The van der Waals surface area contributed by atoms with Crippen molar-refractivity contribution < 1.29 is 30.8 Å². The summed E-state index contributed by atoms with van der Waals surface area (Å²) in [5.74, 6) is -0.235. The van der Waals surface area contributed by atoms with Gasteiger partial charge in [-0.3, -0.25) is 4.79 Å². The normalized spacial score (nSPS) is 16.5. The van der Waals surface area contributed by atoms with Gasteiger partial charge in [-0.05, 0) is 30.3 Å². The van der Waals surface area contributed by atoms with E-state index in [4.69, 9.17) is 16.0 Å². The van der Waals surface area contributed by atoms with Gasteiger partial charge in [-0.1, -0.05) is 11.6 Å². The van der Waals surface area contributed by atoms with Crippen LogP contribution in [0.2, 0.25) is 5.02 Å². The quantitative estimate of drug-likeness (QED) is 0.762. The van der Waals surface area contributed by atoms with Crippen LogP contribution in [-0.2, 0) is 16.2 Å². The summed E-state index contributed by atoms with van der Waals surface area (Å²) in [6, 6.07) is 5.53. The lowest BCUT2D eigenvalue weighted by atomic mass is 10.2. The smallest absolute Gasteiger partial charge is 0.417 e. The molecule has 0 radical (unpaired) electrons. The number of alkyl halides is 3. The fraction of sp³-hybridized carbons (Fsp3) is 0.312. The maximum Gasteiger partial charge on any atom is 0.417 e. The number of carbonyl (C=O) groups excluding carboxylic acids is 1. The van der Waals surface area contributed by atoms with Gasteiger partial charge in [0.25, 0.3) is 5.91 Å². The van der Waals surface area contributed by atoms with Gasteiger partial charge in [0, 0.05) is 26.2 Å². The molecule has 0 unspecified atom stereocenters. The topological polar surface area (TPSA) is 70.8 Å². The predicted molar refractivity (Wildman–Crippen MR) is 89.8 cm³/mol. The fourth-order valence-electron chi connectivity index (χ4n) is 2.72. The van der Waals surface area contributed by atoms with Gasteiger partial charge >= 0.3 is 6.18 Å². The maximum absolute atomic E-state index is 13.0. The minimum Gasteiger partial charge on any atom is -0.459 e. The van der Waals surface area contributed by atoms with E-state index in [1.807, 2.05) is 0 Å². The number of piperazine rings is 1. The number of furan rings is 1. The van der Waals surface area contributed by atoms with Crippen LogP contribution in [0.5, 0.6) is 0 Å². The first kappa shape index (κ1) is 19.7. The average molecular weight is 423 g/mol. The van der Waals surface area contributed by atoms with Crippen molar-refractivity contribution in [3.63, 3.8) is 0 Å². The summed E-state index contributed by atoms with van der Waals surface area (Å²) in [7, 11) is -4.15. The van der Waals surface area contributed by atoms with Gasteiger partial charge in [-0.25, -0.2) is 8.42 Å². The van der Waals surface area contributed by atoms with Crippen molar-refractivity contribution in [1.82, 2.24) is 9.21 Å². The van der Waals surface area contributed by atoms with E-state index < -0.39 is 31.7 Å². The standard InChI is InChI=1S/C16H14ClF3N2O4S/c17-13-4-3-11(10-12(13)16(18,19)20)27(24,25)22-7-5-21(6-8-22)15(23)14-2-1-9-26-14/h1-4,9-10H,5-8H2. The molecule has 0 saturated carbocycles. The third-order valence-electron chi connectivity index (χ3n) is 4.14. The highest BCUT2D eigenvalue weighted by molar-refractivity contribution is 7.89. The summed E-state index contributed by atoms with van der Waals surface area (Å²) >= 11 is 5.54. The molecule has 0 aliphatic carbocycles. The van der Waals surface area contributed by atoms with Crippen molar-refractivity contribution in [2.45, 2.75) is 11.1 Å². The third-order valence-corrected chi connectivity index (χ3v) is 6.36. The molecule has 0 atom stereocenters. The van der Waals surface area contributed by atoms with Crippen molar-refractivity contribution in [2.75, 3.05) is 26.2 Å². The Morgan fingerprint density at radius 2 is 1.78 bits per heavy atom. The molecular weight excluding hydrogens is 409 g/mol. The molecule has 1 aromatic carbocycles. The summed E-state index contributed by atoms with van der Waals surface area (Å²) in [4.78, 5) is 13.1. The molecule has 0 N–H and O–H groups in total. The van der Waals surface area contributed by atoms with Crippen molar-refractivity contribution in [2.24, 2.45) is 0 Å². The fourth-order valence-corrected chi connectivity index (χ4v) is 4.39. The van der Waals surface area contributed by atoms with Gasteiger partial charge in [-0.2, -0.15) is 17.5 Å². The van der Waals surface area contributed by atoms with E-state index >= 15 is 0 Å². The van der Waals surface area contributed by atoms with Crippen LogP contribution in [0.1, 0.15) is 16.1 Å². The Bertz CT molecular complexity index is 937. The summed E-state index contributed by atoms with van der Waals surface area (Å²) in [5.41, 5.74) is -1.21. The van der Waals surface area contributed by atoms with Gasteiger partial charge in [0.2, 0.25) is 10.0 Å². The van der Waals surface area contributed by atoms with Gasteiger partial charge < -0.3 is 9.32 Å². The van der Waals surface area contributed by atoms with Crippen LogP contribution in [0, 0.1) is 0 Å². The number of hydrogen-bond donors (Lipinski definition) is 0. The van der Waals surface area contributed by atoms with E-state index in [0.717, 1.165) is 16.4 Å². The van der Waals surface area contributed by atoms with Gasteiger partial charge in [0.1, 0.15) is 0 Å². The molecule has 0 spiro atoms. The molecule has 11 heteroatoms. The van der Waals surface area contributed by atoms with Crippen LogP contribution in [0.3, 0.4) is 0 Å². The second kappa shape index (κ2) is 7.17. The molecule has 1 saturated heterocycles. The van der Waals surface area contributed by atoms with E-state index in [-0.39, 0.29) is 37.8 Å². The molecule has 1 aromatic heterocycles. The number of hydrogen-bond acceptors (Lipinski definition) is 4. The highest BCUT2D eigenvalue weighted by Gasteiger charge is 2.36. The van der Waals surface area contributed by atoms with Crippen LogP contribution < -0.4 is 0 Å². The minimum absolute atomic E-state index is 0.0429. The number of rotatable bonds is 3. The van der Waals surface area contributed by atoms with E-state index in [0.29, 0.717) is 6.07 Å². The molecule has 2 heterocycles. The number of nitrogens with zero attached hydrogens (tertiary/aromatic N) is 2. The lowest BCUT2D eigenvalue weighted by Crippen LogP contribution is -2.50. The SMILES string of the molecule is O=C(c1ccco1)N1CCN(S(=O)(=O)c2ccc(Cl)c(C(F)(F)F)c2)CC1. The Labute approximate surface area is 158 Å². The molecule has 2 aromatic rings. The number of halogens is 4. The third kappa shape index (κ3) is 3.97. The van der Waals surface area contributed by atoms with E-state index in [9.17, 15) is 26.4 Å². The molecule has 0 bridgehead atoms. The monoisotopic (exact) mass is 422 g/mol. The van der Waals surface area contributed by atoms with Gasteiger partial charge in [0.05, 0.1) is 21.7 Å². The van der Waals surface area contributed by atoms with Gasteiger partial charge in [0.15, 0.2) is 5.76 Å².